The summed E-state index contributed by atoms with van der Waals surface area (Å²) in [6, 6.07) is 5.99. The van der Waals surface area contributed by atoms with Crippen molar-refractivity contribution in [3.8, 4) is 5.75 Å². The minimum absolute atomic E-state index is 0.275. The molecule has 2 atom stereocenters. The van der Waals surface area contributed by atoms with Crippen LogP contribution < -0.4 is 4.74 Å². The molecular formula is C15H20ClNO3. The summed E-state index contributed by atoms with van der Waals surface area (Å²) in [7, 11) is 1.61. The first-order valence-corrected chi connectivity index (χ1v) is 7.18. The molecule has 0 radical (unpaired) electrons. The van der Waals surface area contributed by atoms with Gasteiger partial charge in [0.05, 0.1) is 13.0 Å². The molecule has 1 heterocycles. The topological polar surface area (TPSA) is 49.8 Å². The van der Waals surface area contributed by atoms with E-state index in [9.17, 15) is 4.79 Å². The second-order valence-electron chi connectivity index (χ2n) is 5.35. The lowest BCUT2D eigenvalue weighted by molar-refractivity contribution is -0.144. The van der Waals surface area contributed by atoms with E-state index in [4.69, 9.17) is 21.4 Å². The van der Waals surface area contributed by atoms with E-state index in [1.54, 1.807) is 13.2 Å². The number of methoxy groups -OCH3 is 1. The van der Waals surface area contributed by atoms with Gasteiger partial charge in [0.25, 0.3) is 0 Å². The first-order chi connectivity index (χ1) is 9.51. The molecule has 1 aromatic rings. The Bertz CT molecular complexity index is 492. The lowest BCUT2D eigenvalue weighted by Gasteiger charge is -2.36. The number of benzene rings is 1. The number of halogens is 1. The van der Waals surface area contributed by atoms with Crippen LogP contribution in [0.3, 0.4) is 0 Å². The average molecular weight is 298 g/mol. The summed E-state index contributed by atoms with van der Waals surface area (Å²) in [4.78, 5) is 13.3. The van der Waals surface area contributed by atoms with Crippen LogP contribution in [0.5, 0.6) is 5.75 Å². The second-order valence-corrected chi connectivity index (χ2v) is 5.76. The Labute approximate surface area is 124 Å². The molecule has 1 saturated heterocycles. The number of nitrogens with zero attached hydrogens (tertiary/aromatic N) is 1. The fourth-order valence-corrected chi connectivity index (χ4v) is 2.83. The zero-order valence-electron chi connectivity index (χ0n) is 11.8. The molecule has 0 saturated carbocycles. The zero-order chi connectivity index (χ0) is 14.7. The van der Waals surface area contributed by atoms with Gasteiger partial charge in [-0.15, -0.1) is 0 Å². The molecule has 2 unspecified atom stereocenters. The number of piperidine rings is 1. The van der Waals surface area contributed by atoms with Crippen molar-refractivity contribution in [2.24, 2.45) is 5.92 Å². The Morgan fingerprint density at radius 3 is 2.85 bits per heavy atom. The monoisotopic (exact) mass is 297 g/mol. The van der Waals surface area contributed by atoms with Crippen LogP contribution in [0.2, 0.25) is 5.02 Å². The van der Waals surface area contributed by atoms with E-state index in [-0.39, 0.29) is 5.92 Å². The second kappa shape index (κ2) is 6.46. The molecule has 0 amide bonds. The fraction of sp³-hybridized carbons (Fsp3) is 0.533. The molecule has 0 bridgehead atoms. The van der Waals surface area contributed by atoms with E-state index < -0.39 is 5.97 Å². The van der Waals surface area contributed by atoms with Crippen molar-refractivity contribution in [3.63, 3.8) is 0 Å². The van der Waals surface area contributed by atoms with Crippen molar-refractivity contribution >= 4 is 17.6 Å². The quantitative estimate of drug-likeness (QED) is 0.928. The summed E-state index contributed by atoms with van der Waals surface area (Å²) in [6.45, 7) is 3.39. The van der Waals surface area contributed by atoms with Crippen LogP contribution in [-0.4, -0.2) is 35.7 Å². The van der Waals surface area contributed by atoms with Gasteiger partial charge in [-0.1, -0.05) is 17.7 Å². The summed E-state index contributed by atoms with van der Waals surface area (Å²) in [5.41, 5.74) is 1.00. The molecule has 20 heavy (non-hydrogen) atoms. The predicted octanol–water partition coefficient (Wildman–Crippen LogP) is 3.03. The minimum Gasteiger partial charge on any atom is -0.497 e. The van der Waals surface area contributed by atoms with Crippen molar-refractivity contribution in [1.29, 1.82) is 0 Å². The van der Waals surface area contributed by atoms with Gasteiger partial charge in [0, 0.05) is 24.2 Å². The molecule has 1 aromatic carbocycles. The molecule has 0 aliphatic carbocycles. The highest BCUT2D eigenvalue weighted by Gasteiger charge is 2.29. The maximum absolute atomic E-state index is 11.1. The van der Waals surface area contributed by atoms with Gasteiger partial charge in [-0.2, -0.15) is 0 Å². The van der Waals surface area contributed by atoms with Crippen LogP contribution in [0, 0.1) is 5.92 Å². The molecule has 5 heteroatoms. The third-order valence-corrected chi connectivity index (χ3v) is 4.35. The highest BCUT2D eigenvalue weighted by Crippen LogP contribution is 2.28. The van der Waals surface area contributed by atoms with Gasteiger partial charge < -0.3 is 9.84 Å². The van der Waals surface area contributed by atoms with Crippen LogP contribution in [0.15, 0.2) is 18.2 Å². The summed E-state index contributed by atoms with van der Waals surface area (Å²) in [5.74, 6) is -0.250. The molecule has 2 rings (SSSR count). The first-order valence-electron chi connectivity index (χ1n) is 6.80. The van der Waals surface area contributed by atoms with Gasteiger partial charge in [-0.3, -0.25) is 9.69 Å². The molecule has 1 aliphatic heterocycles. The van der Waals surface area contributed by atoms with Crippen LogP contribution in [-0.2, 0) is 11.3 Å². The number of carboxylic acid groups (broad SMARTS) is 1. The molecule has 0 spiro atoms. The number of hydrogen-bond acceptors (Lipinski definition) is 3. The molecule has 1 fully saturated rings. The van der Waals surface area contributed by atoms with E-state index in [1.165, 1.54) is 0 Å². The first kappa shape index (κ1) is 15.1. The fourth-order valence-electron chi connectivity index (χ4n) is 2.60. The third kappa shape index (κ3) is 3.44. The van der Waals surface area contributed by atoms with Gasteiger partial charge >= 0.3 is 5.97 Å². The van der Waals surface area contributed by atoms with Crippen molar-refractivity contribution < 1.29 is 14.6 Å². The summed E-state index contributed by atoms with van der Waals surface area (Å²) < 4.78 is 5.13. The lowest BCUT2D eigenvalue weighted by atomic mass is 9.93. The summed E-state index contributed by atoms with van der Waals surface area (Å²) in [5, 5.41) is 9.82. The van der Waals surface area contributed by atoms with Crippen LogP contribution in [0.4, 0.5) is 0 Å². The molecule has 0 aromatic heterocycles. The molecular weight excluding hydrogens is 278 g/mol. The maximum atomic E-state index is 11.1. The molecule has 4 nitrogen and oxygen atoms in total. The van der Waals surface area contributed by atoms with Gasteiger partial charge in [0.1, 0.15) is 5.75 Å². The smallest absolute Gasteiger partial charge is 0.307 e. The largest absolute Gasteiger partial charge is 0.497 e. The molecule has 1 N–H and O–H groups in total. The number of likely N-dealkylation sites (tertiary alicyclic amines) is 1. The Hall–Kier alpha value is -1.26. The number of rotatable bonds is 4. The van der Waals surface area contributed by atoms with E-state index >= 15 is 0 Å². The summed E-state index contributed by atoms with van der Waals surface area (Å²) >= 11 is 6.25. The lowest BCUT2D eigenvalue weighted by Crippen LogP contribution is -2.43. The average Bonchev–Trinajstić information content (AvgIpc) is 2.42. The zero-order valence-corrected chi connectivity index (χ0v) is 12.6. The number of hydrogen-bond donors (Lipinski definition) is 1. The van der Waals surface area contributed by atoms with Crippen molar-refractivity contribution in [1.82, 2.24) is 4.90 Å². The molecule has 1 aliphatic rings. The van der Waals surface area contributed by atoms with Crippen molar-refractivity contribution in [2.75, 3.05) is 13.7 Å². The SMILES string of the molecule is COc1ccc(CN2CC(C(=O)O)CCC2C)c(Cl)c1. The van der Waals surface area contributed by atoms with Gasteiger partial charge in [-0.25, -0.2) is 0 Å². The highest BCUT2D eigenvalue weighted by atomic mass is 35.5. The Kier molecular flexibility index (Phi) is 4.89. The van der Waals surface area contributed by atoms with Crippen LogP contribution >= 0.6 is 11.6 Å². The third-order valence-electron chi connectivity index (χ3n) is 3.99. The van der Waals surface area contributed by atoms with Crippen molar-refractivity contribution in [2.45, 2.75) is 32.4 Å². The predicted molar refractivity (Wildman–Crippen MR) is 78.2 cm³/mol. The Morgan fingerprint density at radius 2 is 2.25 bits per heavy atom. The normalized spacial score (nSPS) is 23.6. The standard InChI is InChI=1S/C15H20ClNO3/c1-10-3-4-12(15(18)19)9-17(10)8-11-5-6-13(20-2)7-14(11)16/h5-7,10,12H,3-4,8-9H2,1-2H3,(H,18,19). The van der Waals surface area contributed by atoms with E-state index in [2.05, 4.69) is 11.8 Å². The number of carboxylic acids is 1. The maximum Gasteiger partial charge on any atom is 0.307 e. The van der Waals surface area contributed by atoms with Gasteiger partial charge in [0.15, 0.2) is 0 Å². The minimum atomic E-state index is -0.706. The van der Waals surface area contributed by atoms with Crippen LogP contribution in [0.1, 0.15) is 25.3 Å². The molecule has 110 valence electrons. The summed E-state index contributed by atoms with van der Waals surface area (Å²) in [6.07, 6.45) is 1.66. The number of ether oxygens (including phenoxy) is 1. The van der Waals surface area contributed by atoms with Crippen molar-refractivity contribution in [3.05, 3.63) is 28.8 Å². The number of carbonyl (C=O) groups is 1. The Morgan fingerprint density at radius 1 is 1.50 bits per heavy atom. The van der Waals surface area contributed by atoms with E-state index in [0.29, 0.717) is 24.2 Å². The number of aliphatic carboxylic acids is 1. The Balaban J connectivity index is 2.09. The van der Waals surface area contributed by atoms with Crippen LogP contribution in [0.25, 0.3) is 0 Å². The van der Waals surface area contributed by atoms with E-state index in [0.717, 1.165) is 24.2 Å². The van der Waals surface area contributed by atoms with Gasteiger partial charge in [-0.05, 0) is 37.5 Å². The van der Waals surface area contributed by atoms with Gasteiger partial charge in [0.2, 0.25) is 0 Å². The highest BCUT2D eigenvalue weighted by molar-refractivity contribution is 6.31. The van der Waals surface area contributed by atoms with E-state index in [1.807, 2.05) is 12.1 Å².